The van der Waals surface area contributed by atoms with E-state index in [4.69, 9.17) is 4.84 Å². The Labute approximate surface area is 281 Å². The Hall–Kier alpha value is -4.74. The molecule has 1 saturated carbocycles. The molecule has 2 heterocycles. The summed E-state index contributed by atoms with van der Waals surface area (Å²) in [7, 11) is 0. The summed E-state index contributed by atoms with van der Waals surface area (Å²) >= 11 is 0. The monoisotopic (exact) mass is 658 g/mol. The Morgan fingerprint density at radius 3 is 2.27 bits per heavy atom. The topological polar surface area (TPSA) is 158 Å². The van der Waals surface area contributed by atoms with Gasteiger partial charge in [0.2, 0.25) is 17.6 Å². The molecule has 5 rings (SSSR count). The van der Waals surface area contributed by atoms with Gasteiger partial charge in [0.25, 0.3) is 5.91 Å². The summed E-state index contributed by atoms with van der Waals surface area (Å²) in [6.45, 7) is 7.69. The first-order valence-electron chi connectivity index (χ1n) is 16.7. The smallest absolute Gasteiger partial charge is 0.315 e. The van der Waals surface area contributed by atoms with E-state index in [0.29, 0.717) is 18.6 Å². The number of nitrogens with one attached hydrogen (secondary N) is 4. The molecule has 4 atom stereocenters. The van der Waals surface area contributed by atoms with Crippen molar-refractivity contribution in [3.05, 3.63) is 71.8 Å². The molecule has 1 saturated heterocycles. The van der Waals surface area contributed by atoms with Crippen molar-refractivity contribution in [2.24, 2.45) is 10.6 Å². The van der Waals surface area contributed by atoms with Crippen LogP contribution in [0.3, 0.4) is 0 Å². The molecule has 2 aliphatic heterocycles. The van der Waals surface area contributed by atoms with Crippen molar-refractivity contribution in [3.8, 4) is 0 Å². The van der Waals surface area contributed by atoms with Gasteiger partial charge in [-0.25, -0.2) is 4.79 Å². The number of hydrogen-bond acceptors (Lipinski definition) is 7. The van der Waals surface area contributed by atoms with Gasteiger partial charge in [0.05, 0.1) is 18.3 Å². The molecule has 5 amide bonds. The van der Waals surface area contributed by atoms with Gasteiger partial charge in [0.15, 0.2) is 5.60 Å². The van der Waals surface area contributed by atoms with Crippen molar-refractivity contribution in [1.82, 2.24) is 26.2 Å². The third-order valence-electron chi connectivity index (χ3n) is 8.96. The maximum Gasteiger partial charge on any atom is 0.315 e. The zero-order valence-electron chi connectivity index (χ0n) is 28.1. The molecule has 4 N–H and O–H groups in total. The maximum atomic E-state index is 14.5. The zero-order chi connectivity index (χ0) is 34.5. The SMILES string of the molecule is CCC[C@H](NC(=O)[C@@H]1C[C@]2(CC(c3ccccc3)=NO2)CN1C(=O)[C@@H](NC(=O)NCc1ccccc1)C(C)(C)C)C(=O)C(=O)NC1CC1. The van der Waals surface area contributed by atoms with E-state index in [1.165, 1.54) is 4.90 Å². The fourth-order valence-corrected chi connectivity index (χ4v) is 6.16. The molecule has 1 aliphatic carbocycles. The van der Waals surface area contributed by atoms with Crippen LogP contribution in [0, 0.1) is 5.41 Å². The molecule has 2 aromatic rings. The van der Waals surface area contributed by atoms with Crippen LogP contribution in [0.1, 0.15) is 77.3 Å². The first kappa shape index (κ1) is 34.6. The van der Waals surface area contributed by atoms with Gasteiger partial charge in [-0.3, -0.25) is 19.2 Å². The Morgan fingerprint density at radius 2 is 1.65 bits per heavy atom. The highest BCUT2D eigenvalue weighted by Crippen LogP contribution is 2.40. The van der Waals surface area contributed by atoms with Crippen LogP contribution >= 0.6 is 0 Å². The first-order chi connectivity index (χ1) is 22.9. The summed E-state index contributed by atoms with van der Waals surface area (Å²) in [6, 6.07) is 15.3. The summed E-state index contributed by atoms with van der Waals surface area (Å²) in [4.78, 5) is 74.9. The van der Waals surface area contributed by atoms with E-state index < -0.39 is 58.7 Å². The van der Waals surface area contributed by atoms with E-state index in [9.17, 15) is 24.0 Å². The molecule has 256 valence electrons. The number of nitrogens with zero attached hydrogens (tertiary/aromatic N) is 2. The predicted molar refractivity (Wildman–Crippen MR) is 180 cm³/mol. The molecule has 3 aliphatic rings. The lowest BCUT2D eigenvalue weighted by Gasteiger charge is -2.35. The van der Waals surface area contributed by atoms with Crippen molar-refractivity contribution in [2.75, 3.05) is 6.54 Å². The summed E-state index contributed by atoms with van der Waals surface area (Å²) in [5.41, 5.74) is 0.750. The minimum atomic E-state index is -1.05. The molecule has 0 bridgehead atoms. The van der Waals surface area contributed by atoms with E-state index in [0.717, 1.165) is 24.0 Å². The van der Waals surface area contributed by atoms with Gasteiger partial charge >= 0.3 is 6.03 Å². The summed E-state index contributed by atoms with van der Waals surface area (Å²) in [5, 5.41) is 15.5. The zero-order valence-corrected chi connectivity index (χ0v) is 28.1. The van der Waals surface area contributed by atoms with Crippen LogP contribution in [-0.2, 0) is 30.6 Å². The van der Waals surface area contributed by atoms with Gasteiger partial charge in [0, 0.05) is 25.4 Å². The largest absolute Gasteiger partial charge is 0.387 e. The average Bonchev–Trinajstić information content (AvgIpc) is 3.66. The molecule has 0 aromatic heterocycles. The number of hydrogen-bond donors (Lipinski definition) is 4. The van der Waals surface area contributed by atoms with Crippen molar-refractivity contribution in [1.29, 1.82) is 0 Å². The van der Waals surface area contributed by atoms with Crippen LogP contribution in [-0.4, -0.2) is 76.5 Å². The van der Waals surface area contributed by atoms with E-state index in [1.54, 1.807) is 0 Å². The van der Waals surface area contributed by atoms with E-state index >= 15 is 0 Å². The summed E-state index contributed by atoms with van der Waals surface area (Å²) in [6.07, 6.45) is 2.94. The highest BCUT2D eigenvalue weighted by atomic mass is 16.7. The Kier molecular flexibility index (Phi) is 10.5. The Balaban J connectivity index is 1.37. The maximum absolute atomic E-state index is 14.5. The van der Waals surface area contributed by atoms with Gasteiger partial charge in [-0.2, -0.15) is 0 Å². The lowest BCUT2D eigenvalue weighted by molar-refractivity contribution is -0.144. The lowest BCUT2D eigenvalue weighted by Crippen LogP contribution is -2.60. The molecule has 0 unspecified atom stereocenters. The number of oxime groups is 1. The van der Waals surface area contributed by atoms with Crippen molar-refractivity contribution < 1.29 is 28.8 Å². The normalized spacial score (nSPS) is 21.5. The third kappa shape index (κ3) is 8.39. The van der Waals surface area contributed by atoms with E-state index in [2.05, 4.69) is 26.4 Å². The number of Topliss-reactive ketones (excluding diaryl/α,β-unsaturated/α-hetero) is 1. The molecule has 12 heteroatoms. The standard InChI is InChI=1S/C36H46N6O6/c1-5-12-26(29(43)32(45)38-25-17-18-25)39-31(44)28-20-36(19-27(41-48-36)24-15-10-7-11-16-24)22-42(28)33(46)30(35(2,3)4)40-34(47)37-21-23-13-8-6-9-14-23/h6-11,13-16,25-26,28,30H,5,12,17-22H2,1-4H3,(H,38,45)(H,39,44)(H2,37,40,47)/t26-,28-,30+,36+/m0/s1. The van der Waals surface area contributed by atoms with Crippen molar-refractivity contribution in [3.63, 3.8) is 0 Å². The second-order valence-electron chi connectivity index (χ2n) is 14.1. The van der Waals surface area contributed by atoms with Crippen LogP contribution in [0.4, 0.5) is 4.79 Å². The number of carbonyl (C=O) groups is 5. The minimum Gasteiger partial charge on any atom is -0.387 e. The lowest BCUT2D eigenvalue weighted by atomic mass is 9.85. The van der Waals surface area contributed by atoms with Gasteiger partial charge in [-0.15, -0.1) is 0 Å². The number of rotatable bonds is 12. The summed E-state index contributed by atoms with van der Waals surface area (Å²) < 4.78 is 0. The Morgan fingerprint density at radius 1 is 0.979 bits per heavy atom. The van der Waals surface area contributed by atoms with Crippen LogP contribution in [0.2, 0.25) is 0 Å². The van der Waals surface area contributed by atoms with E-state index in [-0.39, 0.29) is 32.0 Å². The molecular weight excluding hydrogens is 612 g/mol. The van der Waals surface area contributed by atoms with Crippen molar-refractivity contribution >= 4 is 35.2 Å². The second-order valence-corrected chi connectivity index (χ2v) is 14.1. The second kappa shape index (κ2) is 14.6. The molecule has 0 radical (unpaired) electrons. The van der Waals surface area contributed by atoms with Gasteiger partial charge in [-0.1, -0.05) is 99.9 Å². The van der Waals surface area contributed by atoms with Crippen LogP contribution in [0.15, 0.2) is 65.8 Å². The van der Waals surface area contributed by atoms with Crippen LogP contribution in [0.25, 0.3) is 0 Å². The number of carbonyl (C=O) groups excluding carboxylic acids is 5. The highest BCUT2D eigenvalue weighted by molar-refractivity contribution is 6.38. The van der Waals surface area contributed by atoms with E-state index in [1.807, 2.05) is 88.4 Å². The highest BCUT2D eigenvalue weighted by Gasteiger charge is 2.55. The number of urea groups is 1. The fourth-order valence-electron chi connectivity index (χ4n) is 6.16. The minimum absolute atomic E-state index is 0.00715. The van der Waals surface area contributed by atoms with Crippen LogP contribution in [0.5, 0.6) is 0 Å². The van der Waals surface area contributed by atoms with Gasteiger partial charge in [-0.05, 0) is 35.8 Å². The fraction of sp³-hybridized carbons (Fsp3) is 0.500. The summed E-state index contributed by atoms with van der Waals surface area (Å²) in [5.74, 6) is -2.45. The third-order valence-corrected chi connectivity index (χ3v) is 8.96. The molecule has 12 nitrogen and oxygen atoms in total. The average molecular weight is 659 g/mol. The molecular formula is C36H46N6O6. The van der Waals surface area contributed by atoms with Gasteiger partial charge < -0.3 is 31.0 Å². The predicted octanol–water partition coefficient (Wildman–Crippen LogP) is 3.20. The number of amides is 5. The van der Waals surface area contributed by atoms with Crippen LogP contribution < -0.4 is 21.3 Å². The molecule has 1 spiro atoms. The first-order valence-corrected chi connectivity index (χ1v) is 16.7. The molecule has 2 aromatic carbocycles. The number of ketones is 1. The number of benzene rings is 2. The molecule has 48 heavy (non-hydrogen) atoms. The molecule has 2 fully saturated rings. The van der Waals surface area contributed by atoms with Crippen molar-refractivity contribution in [2.45, 2.75) is 103 Å². The Bertz CT molecular complexity index is 1540. The quantitative estimate of drug-likeness (QED) is 0.257. The number of likely N-dealkylation sites (tertiary alicyclic amines) is 1. The van der Waals surface area contributed by atoms with Gasteiger partial charge in [0.1, 0.15) is 12.1 Å².